The molecule has 0 aromatic heterocycles. The predicted molar refractivity (Wildman–Crippen MR) is 35.5 cm³/mol. The molecule has 1 amide bonds. The van der Waals surface area contributed by atoms with Gasteiger partial charge in [-0.1, -0.05) is 0 Å². The van der Waals surface area contributed by atoms with E-state index in [9.17, 15) is 18.0 Å². The molecule has 0 saturated carbocycles. The first kappa shape index (κ1) is 11.2. The summed E-state index contributed by atoms with van der Waals surface area (Å²) in [5.74, 6) is -0.727. The number of nitrogens with one attached hydrogen (secondary N) is 1. The molecule has 0 aromatic carbocycles. The van der Waals surface area contributed by atoms with E-state index in [-0.39, 0.29) is 0 Å². The Morgan fingerprint density at radius 3 is 2.33 bits per heavy atom. The molecule has 1 atom stereocenters. The van der Waals surface area contributed by atoms with Crippen LogP contribution in [0.5, 0.6) is 0 Å². The molecule has 0 bridgehead atoms. The number of carbonyl (C=O) groups is 1. The number of alkyl halides is 3. The monoisotopic (exact) mass is 185 g/mol. The third-order valence-corrected chi connectivity index (χ3v) is 1.11. The maximum Gasteiger partial charge on any atom is 0.410 e. The van der Waals surface area contributed by atoms with Crippen LogP contribution in [0.3, 0.4) is 0 Å². The summed E-state index contributed by atoms with van der Waals surface area (Å²) in [7, 11) is 1.14. The number of halogens is 3. The zero-order valence-corrected chi connectivity index (χ0v) is 6.73. The van der Waals surface area contributed by atoms with E-state index in [4.69, 9.17) is 0 Å². The van der Waals surface area contributed by atoms with E-state index in [0.29, 0.717) is 0 Å². The summed E-state index contributed by atoms with van der Waals surface area (Å²) < 4.78 is 40.2. The lowest BCUT2D eigenvalue weighted by Crippen LogP contribution is -2.47. The highest BCUT2D eigenvalue weighted by atomic mass is 19.4. The Morgan fingerprint density at radius 2 is 2.08 bits per heavy atom. The Hall–Kier alpha value is -0.780. The van der Waals surface area contributed by atoms with Gasteiger partial charge in [-0.15, -0.1) is 0 Å². The Kier molecular flexibility index (Phi) is 4.02. The molecule has 3 nitrogen and oxygen atoms in total. The van der Waals surface area contributed by atoms with Crippen LogP contribution in [0.4, 0.5) is 13.2 Å². The Balaban J connectivity index is 4.13. The molecular weight excluding hydrogens is 175 g/mol. The first-order valence-electron chi connectivity index (χ1n) is 3.20. The van der Waals surface area contributed by atoms with E-state index in [1.807, 2.05) is 0 Å². The molecule has 0 rings (SSSR count). The number of ether oxygens (including phenoxy) is 1. The minimum atomic E-state index is -4.46. The molecule has 0 aliphatic rings. The molecule has 0 aromatic rings. The van der Waals surface area contributed by atoms with Crippen LogP contribution in [0.1, 0.15) is 6.92 Å². The normalized spacial score (nSPS) is 14.1. The van der Waals surface area contributed by atoms with Gasteiger partial charge in [-0.25, -0.2) is 0 Å². The SMILES string of the molecule is COCC(NC(C)=O)C(F)(F)F. The highest BCUT2D eigenvalue weighted by molar-refractivity contribution is 5.73. The first-order chi connectivity index (χ1) is 5.38. The largest absolute Gasteiger partial charge is 0.410 e. The van der Waals surface area contributed by atoms with Crippen LogP contribution in [0.2, 0.25) is 0 Å². The van der Waals surface area contributed by atoms with Gasteiger partial charge in [0, 0.05) is 14.0 Å². The van der Waals surface area contributed by atoms with Crippen molar-refractivity contribution in [2.45, 2.75) is 19.1 Å². The highest BCUT2D eigenvalue weighted by Gasteiger charge is 2.40. The molecular formula is C6H10F3NO2. The molecule has 0 spiro atoms. The Morgan fingerprint density at radius 1 is 1.58 bits per heavy atom. The predicted octanol–water partition coefficient (Wildman–Crippen LogP) is 0.700. The van der Waals surface area contributed by atoms with Crippen molar-refractivity contribution in [2.75, 3.05) is 13.7 Å². The lowest BCUT2D eigenvalue weighted by atomic mass is 10.3. The third-order valence-electron chi connectivity index (χ3n) is 1.11. The van der Waals surface area contributed by atoms with Gasteiger partial charge in [0.15, 0.2) is 0 Å². The summed E-state index contributed by atoms with van der Waals surface area (Å²) in [6, 6.07) is -1.92. The second-order valence-electron chi connectivity index (χ2n) is 2.25. The van der Waals surface area contributed by atoms with Gasteiger partial charge in [0.2, 0.25) is 5.91 Å². The summed E-state index contributed by atoms with van der Waals surface area (Å²) in [5, 5.41) is 1.73. The number of hydrogen-bond donors (Lipinski definition) is 1. The zero-order chi connectivity index (χ0) is 9.78. The van der Waals surface area contributed by atoms with Crippen molar-refractivity contribution in [2.24, 2.45) is 0 Å². The van der Waals surface area contributed by atoms with Crippen LogP contribution in [-0.2, 0) is 9.53 Å². The van der Waals surface area contributed by atoms with Crippen molar-refractivity contribution in [1.29, 1.82) is 0 Å². The van der Waals surface area contributed by atoms with E-state index < -0.39 is 24.7 Å². The number of amides is 1. The molecule has 0 aliphatic heterocycles. The van der Waals surface area contributed by atoms with Crippen LogP contribution in [0, 0.1) is 0 Å². The molecule has 0 fully saturated rings. The van der Waals surface area contributed by atoms with Gasteiger partial charge in [-0.3, -0.25) is 4.79 Å². The van der Waals surface area contributed by atoms with Crippen molar-refractivity contribution in [3.63, 3.8) is 0 Å². The maximum atomic E-state index is 12.0. The summed E-state index contributed by atoms with van der Waals surface area (Å²) in [4.78, 5) is 10.3. The lowest BCUT2D eigenvalue weighted by molar-refractivity contribution is -0.169. The molecule has 0 aliphatic carbocycles. The first-order valence-corrected chi connectivity index (χ1v) is 3.20. The molecule has 0 saturated heterocycles. The Bertz CT molecular complexity index is 157. The molecule has 0 heterocycles. The molecule has 0 radical (unpaired) electrons. The van der Waals surface area contributed by atoms with E-state index in [1.165, 1.54) is 0 Å². The molecule has 1 N–H and O–H groups in total. The highest BCUT2D eigenvalue weighted by Crippen LogP contribution is 2.20. The molecule has 72 valence electrons. The van der Waals surface area contributed by atoms with Crippen molar-refractivity contribution in [1.82, 2.24) is 5.32 Å². The van der Waals surface area contributed by atoms with Gasteiger partial charge >= 0.3 is 6.18 Å². The summed E-state index contributed by atoms with van der Waals surface area (Å²) in [6.07, 6.45) is -4.46. The van der Waals surface area contributed by atoms with Crippen molar-refractivity contribution >= 4 is 5.91 Å². The minimum Gasteiger partial charge on any atom is -0.382 e. The third kappa shape index (κ3) is 4.17. The van der Waals surface area contributed by atoms with Gasteiger partial charge in [0.25, 0.3) is 0 Å². The standard InChI is InChI=1S/C6H10F3NO2/c1-4(11)10-5(3-12-2)6(7,8)9/h5H,3H2,1-2H3,(H,10,11). The summed E-state index contributed by atoms with van der Waals surface area (Å²) in [5.41, 5.74) is 0. The molecule has 1 unspecified atom stereocenters. The van der Waals surface area contributed by atoms with E-state index in [2.05, 4.69) is 4.74 Å². The molecule has 12 heavy (non-hydrogen) atoms. The van der Waals surface area contributed by atoms with Gasteiger partial charge in [-0.2, -0.15) is 13.2 Å². The van der Waals surface area contributed by atoms with E-state index in [0.717, 1.165) is 14.0 Å². The molecule has 6 heteroatoms. The maximum absolute atomic E-state index is 12.0. The summed E-state index contributed by atoms with van der Waals surface area (Å²) in [6.45, 7) is 0.456. The second-order valence-corrected chi connectivity index (χ2v) is 2.25. The van der Waals surface area contributed by atoms with Crippen LogP contribution in [-0.4, -0.2) is 31.8 Å². The van der Waals surface area contributed by atoms with Gasteiger partial charge < -0.3 is 10.1 Å². The number of hydrogen-bond acceptors (Lipinski definition) is 2. The zero-order valence-electron chi connectivity index (χ0n) is 6.73. The number of rotatable bonds is 3. The lowest BCUT2D eigenvalue weighted by Gasteiger charge is -2.19. The number of methoxy groups -OCH3 is 1. The Labute approximate surface area is 67.9 Å². The van der Waals surface area contributed by atoms with Crippen LogP contribution >= 0.6 is 0 Å². The fourth-order valence-electron chi connectivity index (χ4n) is 0.630. The van der Waals surface area contributed by atoms with Crippen LogP contribution < -0.4 is 5.32 Å². The van der Waals surface area contributed by atoms with Gasteiger partial charge in [0.1, 0.15) is 6.04 Å². The van der Waals surface area contributed by atoms with Gasteiger partial charge in [-0.05, 0) is 0 Å². The van der Waals surface area contributed by atoms with Gasteiger partial charge in [0.05, 0.1) is 6.61 Å². The average Bonchev–Trinajstić information content (AvgIpc) is 1.83. The summed E-state index contributed by atoms with van der Waals surface area (Å²) >= 11 is 0. The second kappa shape index (κ2) is 4.30. The van der Waals surface area contributed by atoms with Crippen molar-refractivity contribution in [3.8, 4) is 0 Å². The van der Waals surface area contributed by atoms with Crippen molar-refractivity contribution < 1.29 is 22.7 Å². The van der Waals surface area contributed by atoms with E-state index >= 15 is 0 Å². The number of carbonyl (C=O) groups excluding carboxylic acids is 1. The minimum absolute atomic E-state index is 0.566. The topological polar surface area (TPSA) is 38.3 Å². The average molecular weight is 185 g/mol. The fourth-order valence-corrected chi connectivity index (χ4v) is 0.630. The quantitative estimate of drug-likeness (QED) is 0.702. The smallest absolute Gasteiger partial charge is 0.382 e. The van der Waals surface area contributed by atoms with Crippen LogP contribution in [0.25, 0.3) is 0 Å². The van der Waals surface area contributed by atoms with E-state index in [1.54, 1.807) is 5.32 Å². The van der Waals surface area contributed by atoms with Crippen molar-refractivity contribution in [3.05, 3.63) is 0 Å². The van der Waals surface area contributed by atoms with Crippen LogP contribution in [0.15, 0.2) is 0 Å². The fraction of sp³-hybridized carbons (Fsp3) is 0.833.